The first-order valence-corrected chi connectivity index (χ1v) is 11.1. The normalized spacial score (nSPS) is 17.4. The summed E-state index contributed by atoms with van der Waals surface area (Å²) in [6.45, 7) is 10.1. The Kier molecular flexibility index (Phi) is 5.91. The van der Waals surface area contributed by atoms with E-state index in [1.54, 1.807) is 0 Å². The van der Waals surface area contributed by atoms with Crippen LogP contribution in [0, 0.1) is 6.92 Å². The van der Waals surface area contributed by atoms with E-state index in [0.29, 0.717) is 5.56 Å². The molecule has 31 heavy (non-hydrogen) atoms. The van der Waals surface area contributed by atoms with E-state index in [4.69, 9.17) is 0 Å². The van der Waals surface area contributed by atoms with Gasteiger partial charge in [-0.1, -0.05) is 12.1 Å². The van der Waals surface area contributed by atoms with Crippen molar-refractivity contribution in [3.8, 4) is 11.1 Å². The summed E-state index contributed by atoms with van der Waals surface area (Å²) in [5, 5.41) is 13.8. The number of aryl methyl sites for hydroxylation is 1. The van der Waals surface area contributed by atoms with Crippen molar-refractivity contribution in [2.45, 2.75) is 58.7 Å². The Morgan fingerprint density at radius 3 is 2.71 bits per heavy atom. The molecule has 3 N–H and O–H groups in total. The second kappa shape index (κ2) is 8.48. The van der Waals surface area contributed by atoms with Crippen molar-refractivity contribution >= 4 is 16.8 Å². The maximum atomic E-state index is 12.7. The lowest BCUT2D eigenvalue weighted by Crippen LogP contribution is -2.40. The number of hydrogen-bond acceptors (Lipinski definition) is 3. The van der Waals surface area contributed by atoms with E-state index in [1.165, 1.54) is 5.69 Å². The maximum Gasteiger partial charge on any atom is 0.251 e. The topological polar surface area (TPSA) is 68.4 Å². The highest BCUT2D eigenvalue weighted by molar-refractivity contribution is 5.96. The predicted molar refractivity (Wildman–Crippen MR) is 126 cm³/mol. The molecule has 0 bridgehead atoms. The van der Waals surface area contributed by atoms with Crippen LogP contribution in [-0.4, -0.2) is 45.6 Å². The van der Waals surface area contributed by atoms with Crippen LogP contribution in [0.3, 0.4) is 0 Å². The Bertz CT molecular complexity index is 1090. The van der Waals surface area contributed by atoms with Crippen LogP contribution in [0.4, 0.5) is 0 Å². The molecule has 0 aliphatic carbocycles. The molecule has 2 heterocycles. The number of amides is 1. The molecule has 1 saturated heterocycles. The summed E-state index contributed by atoms with van der Waals surface area (Å²) in [5.74, 6) is -0.0495. The lowest BCUT2D eigenvalue weighted by Gasteiger charge is -2.21. The monoisotopic (exact) mass is 419 g/mol. The summed E-state index contributed by atoms with van der Waals surface area (Å²) in [7, 11) is 0. The van der Waals surface area contributed by atoms with E-state index in [2.05, 4.69) is 45.5 Å². The van der Waals surface area contributed by atoms with Gasteiger partial charge in [-0.05, 0) is 94.1 Å². The van der Waals surface area contributed by atoms with Crippen molar-refractivity contribution in [1.29, 1.82) is 0 Å². The first-order valence-electron chi connectivity index (χ1n) is 11.1. The van der Waals surface area contributed by atoms with Gasteiger partial charge in [0.05, 0.1) is 6.61 Å². The number of H-pyrrole nitrogens is 1. The minimum absolute atomic E-state index is 0.0495. The number of carbonyl (C=O) groups is 1. The van der Waals surface area contributed by atoms with Gasteiger partial charge in [0, 0.05) is 40.3 Å². The lowest BCUT2D eigenvalue weighted by molar-refractivity contribution is 0.0919. The average Bonchev–Trinajstić information content (AvgIpc) is 3.31. The molecular formula is C26H33N3O2. The van der Waals surface area contributed by atoms with E-state index in [-0.39, 0.29) is 24.1 Å². The van der Waals surface area contributed by atoms with E-state index in [9.17, 15) is 9.90 Å². The third-order valence-electron chi connectivity index (χ3n) is 5.92. The number of aromatic amines is 1. The van der Waals surface area contributed by atoms with Crippen molar-refractivity contribution in [2.24, 2.45) is 0 Å². The minimum Gasteiger partial charge on any atom is -0.395 e. The molecule has 1 amide bonds. The molecular weight excluding hydrogens is 386 g/mol. The number of fused-ring (bicyclic) bond motifs is 1. The third-order valence-corrected chi connectivity index (χ3v) is 5.92. The average molecular weight is 420 g/mol. The molecule has 3 aromatic rings. The second-order valence-electron chi connectivity index (χ2n) is 9.84. The zero-order chi connectivity index (χ0) is 22.2. The van der Waals surface area contributed by atoms with Crippen LogP contribution in [0.15, 0.2) is 42.5 Å². The molecule has 0 spiro atoms. The molecule has 1 aliphatic heterocycles. The van der Waals surface area contributed by atoms with Gasteiger partial charge in [-0.25, -0.2) is 0 Å². The predicted octanol–water partition coefficient (Wildman–Crippen LogP) is 4.63. The van der Waals surface area contributed by atoms with Gasteiger partial charge >= 0.3 is 0 Å². The molecule has 2 aromatic carbocycles. The molecule has 0 radical (unpaired) electrons. The summed E-state index contributed by atoms with van der Waals surface area (Å²) in [6.07, 6.45) is 2.22. The fourth-order valence-electron chi connectivity index (χ4n) is 4.48. The van der Waals surface area contributed by atoms with Crippen LogP contribution in [0.5, 0.6) is 0 Å². The first-order chi connectivity index (χ1) is 14.7. The molecule has 4 rings (SSSR count). The number of aromatic nitrogens is 1. The number of aliphatic hydroxyl groups excluding tert-OH is 1. The SMILES string of the molecule is Cc1cc(C(=O)NC(C)(C)C)cc(-c2ccc3[nH]c(CN4CCC[C@@H]4CO)cc3c2)c1. The van der Waals surface area contributed by atoms with E-state index in [1.807, 2.05) is 39.8 Å². The van der Waals surface area contributed by atoms with Crippen LogP contribution in [0.2, 0.25) is 0 Å². The molecule has 5 heteroatoms. The van der Waals surface area contributed by atoms with Gasteiger partial charge in [0.2, 0.25) is 0 Å². The van der Waals surface area contributed by atoms with E-state index in [0.717, 1.165) is 53.5 Å². The van der Waals surface area contributed by atoms with Crippen molar-refractivity contribution in [3.05, 3.63) is 59.3 Å². The Labute approximate surface area is 184 Å². The Morgan fingerprint density at radius 2 is 1.97 bits per heavy atom. The fraction of sp³-hybridized carbons (Fsp3) is 0.423. The number of nitrogens with one attached hydrogen (secondary N) is 2. The number of benzene rings is 2. The van der Waals surface area contributed by atoms with Gasteiger partial charge in [0.15, 0.2) is 0 Å². The molecule has 164 valence electrons. The van der Waals surface area contributed by atoms with Crippen LogP contribution in [-0.2, 0) is 6.54 Å². The summed E-state index contributed by atoms with van der Waals surface area (Å²) < 4.78 is 0. The van der Waals surface area contributed by atoms with Crippen LogP contribution >= 0.6 is 0 Å². The quantitative estimate of drug-likeness (QED) is 0.565. The Balaban J connectivity index is 1.60. The van der Waals surface area contributed by atoms with E-state index < -0.39 is 0 Å². The summed E-state index contributed by atoms with van der Waals surface area (Å²) in [6, 6.07) is 14.9. The highest BCUT2D eigenvalue weighted by atomic mass is 16.3. The van der Waals surface area contributed by atoms with Crippen LogP contribution in [0.1, 0.15) is 55.2 Å². The van der Waals surface area contributed by atoms with E-state index >= 15 is 0 Å². The zero-order valence-electron chi connectivity index (χ0n) is 19.0. The van der Waals surface area contributed by atoms with Gasteiger partial charge in [-0.15, -0.1) is 0 Å². The zero-order valence-corrected chi connectivity index (χ0v) is 19.0. The summed E-state index contributed by atoms with van der Waals surface area (Å²) in [4.78, 5) is 18.6. The number of rotatable bonds is 5. The van der Waals surface area contributed by atoms with Crippen LogP contribution < -0.4 is 5.32 Å². The Morgan fingerprint density at radius 1 is 1.16 bits per heavy atom. The van der Waals surface area contributed by atoms with Crippen LogP contribution in [0.25, 0.3) is 22.0 Å². The lowest BCUT2D eigenvalue weighted by atomic mass is 9.98. The molecule has 1 aromatic heterocycles. The third kappa shape index (κ3) is 5.00. The summed E-state index contributed by atoms with van der Waals surface area (Å²) >= 11 is 0. The minimum atomic E-state index is -0.272. The second-order valence-corrected chi connectivity index (χ2v) is 9.84. The van der Waals surface area contributed by atoms with Crippen molar-refractivity contribution in [3.63, 3.8) is 0 Å². The number of hydrogen-bond donors (Lipinski definition) is 3. The van der Waals surface area contributed by atoms with Gasteiger partial charge in [-0.3, -0.25) is 9.69 Å². The highest BCUT2D eigenvalue weighted by Gasteiger charge is 2.24. The summed E-state index contributed by atoms with van der Waals surface area (Å²) in [5.41, 5.74) is 5.90. The molecule has 1 aliphatic rings. The maximum absolute atomic E-state index is 12.7. The van der Waals surface area contributed by atoms with Crippen molar-refractivity contribution < 1.29 is 9.90 Å². The number of carbonyl (C=O) groups excluding carboxylic acids is 1. The molecule has 5 nitrogen and oxygen atoms in total. The van der Waals surface area contributed by atoms with Crippen molar-refractivity contribution in [2.75, 3.05) is 13.2 Å². The van der Waals surface area contributed by atoms with Gasteiger partial charge < -0.3 is 15.4 Å². The molecule has 0 unspecified atom stereocenters. The number of likely N-dealkylation sites (tertiary alicyclic amines) is 1. The number of nitrogens with zero attached hydrogens (tertiary/aromatic N) is 1. The van der Waals surface area contributed by atoms with Gasteiger partial charge in [0.1, 0.15) is 0 Å². The highest BCUT2D eigenvalue weighted by Crippen LogP contribution is 2.28. The van der Waals surface area contributed by atoms with Gasteiger partial charge in [-0.2, -0.15) is 0 Å². The Hall–Kier alpha value is -2.63. The first kappa shape index (κ1) is 21.6. The molecule has 1 atom stereocenters. The fourth-order valence-corrected chi connectivity index (χ4v) is 4.48. The largest absolute Gasteiger partial charge is 0.395 e. The molecule has 0 saturated carbocycles. The smallest absolute Gasteiger partial charge is 0.251 e. The standard InChI is InChI=1S/C26H33N3O2/c1-17-10-19(13-21(11-17)25(31)28-26(2,3)4)18-7-8-24-20(12-18)14-22(27-24)15-29-9-5-6-23(29)16-30/h7-8,10-14,23,27,30H,5-6,9,15-16H2,1-4H3,(H,28,31)/t23-/m1/s1. The number of aliphatic hydroxyl groups is 1. The van der Waals surface area contributed by atoms with Crippen molar-refractivity contribution in [1.82, 2.24) is 15.2 Å². The van der Waals surface area contributed by atoms with Gasteiger partial charge in [0.25, 0.3) is 5.91 Å². The molecule has 1 fully saturated rings.